The Morgan fingerprint density at radius 3 is 2.36 bits per heavy atom. The van der Waals surface area contributed by atoms with Gasteiger partial charge in [-0.05, 0) is 31.5 Å². The van der Waals surface area contributed by atoms with Gasteiger partial charge in [0.25, 0.3) is 0 Å². The molecule has 0 aliphatic heterocycles. The third-order valence-corrected chi connectivity index (χ3v) is 5.48. The van der Waals surface area contributed by atoms with Gasteiger partial charge in [0.05, 0.1) is 0 Å². The van der Waals surface area contributed by atoms with Crippen LogP contribution in [0.15, 0.2) is 0 Å². The Hall–Kier alpha value is 0.177. The number of hydrogen-bond donors (Lipinski definition) is 0. The van der Waals surface area contributed by atoms with E-state index in [1.165, 1.54) is 31.7 Å². The Labute approximate surface area is 91.4 Å². The quantitative estimate of drug-likeness (QED) is 0.545. The maximum absolute atomic E-state index is 6.04. The van der Waals surface area contributed by atoms with Crippen molar-refractivity contribution in [2.45, 2.75) is 65.6 Å². The molecular weight excluding hydrogens is 188 g/mol. The smallest absolute Gasteiger partial charge is 0.186 e. The van der Waals surface area contributed by atoms with E-state index in [0.717, 1.165) is 12.5 Å². The summed E-state index contributed by atoms with van der Waals surface area (Å²) >= 11 is 0. The molecule has 0 saturated carbocycles. The van der Waals surface area contributed by atoms with Crippen molar-refractivity contribution in [3.8, 4) is 0 Å². The molecular formula is C12H28OSi. The summed E-state index contributed by atoms with van der Waals surface area (Å²) in [7, 11) is -1.30. The first kappa shape index (κ1) is 14.2. The van der Waals surface area contributed by atoms with Crippen molar-refractivity contribution in [2.24, 2.45) is 5.92 Å². The topological polar surface area (TPSA) is 9.23 Å². The second-order valence-corrected chi connectivity index (χ2v) is 9.32. The van der Waals surface area contributed by atoms with Gasteiger partial charge in [0, 0.05) is 6.61 Å². The second kappa shape index (κ2) is 7.47. The molecule has 0 radical (unpaired) electrons. The standard InChI is InChI=1S/C12H28OSi/c1-6-8-11-14(4,5)13-10-9-12(3)7-2/h12H,6-11H2,1-5H3. The van der Waals surface area contributed by atoms with Gasteiger partial charge in [-0.15, -0.1) is 0 Å². The van der Waals surface area contributed by atoms with Gasteiger partial charge in [0.1, 0.15) is 0 Å². The van der Waals surface area contributed by atoms with Gasteiger partial charge in [-0.2, -0.15) is 0 Å². The van der Waals surface area contributed by atoms with E-state index < -0.39 is 8.32 Å². The molecule has 14 heavy (non-hydrogen) atoms. The van der Waals surface area contributed by atoms with Gasteiger partial charge in [0.2, 0.25) is 0 Å². The molecule has 0 aromatic rings. The van der Waals surface area contributed by atoms with Crippen molar-refractivity contribution in [1.29, 1.82) is 0 Å². The molecule has 1 unspecified atom stereocenters. The lowest BCUT2D eigenvalue weighted by molar-refractivity contribution is 0.271. The average Bonchev–Trinajstić information content (AvgIpc) is 2.14. The van der Waals surface area contributed by atoms with E-state index in [1.54, 1.807) is 0 Å². The van der Waals surface area contributed by atoms with Gasteiger partial charge >= 0.3 is 0 Å². The first-order valence-electron chi connectivity index (χ1n) is 6.15. The van der Waals surface area contributed by atoms with Crippen LogP contribution in [0.5, 0.6) is 0 Å². The molecule has 1 nitrogen and oxygen atoms in total. The lowest BCUT2D eigenvalue weighted by Gasteiger charge is -2.23. The molecule has 0 aromatic heterocycles. The summed E-state index contributed by atoms with van der Waals surface area (Å²) in [6, 6.07) is 1.32. The van der Waals surface area contributed by atoms with Crippen LogP contribution in [-0.4, -0.2) is 14.9 Å². The fourth-order valence-electron chi connectivity index (χ4n) is 1.42. The van der Waals surface area contributed by atoms with E-state index in [-0.39, 0.29) is 0 Å². The summed E-state index contributed by atoms with van der Waals surface area (Å²) < 4.78 is 6.04. The van der Waals surface area contributed by atoms with E-state index in [9.17, 15) is 0 Å². The predicted molar refractivity (Wildman–Crippen MR) is 67.2 cm³/mol. The first-order chi connectivity index (χ1) is 6.52. The summed E-state index contributed by atoms with van der Waals surface area (Å²) in [5.74, 6) is 0.825. The van der Waals surface area contributed by atoms with Gasteiger partial charge in [-0.3, -0.25) is 0 Å². The Bertz CT molecular complexity index is 134. The van der Waals surface area contributed by atoms with Crippen molar-refractivity contribution in [3.63, 3.8) is 0 Å². The average molecular weight is 216 g/mol. The third-order valence-electron chi connectivity index (χ3n) is 2.93. The van der Waals surface area contributed by atoms with Crippen LogP contribution in [0.4, 0.5) is 0 Å². The molecule has 2 heteroatoms. The van der Waals surface area contributed by atoms with Crippen LogP contribution in [0.1, 0.15) is 46.5 Å². The van der Waals surface area contributed by atoms with Crippen LogP contribution >= 0.6 is 0 Å². The lowest BCUT2D eigenvalue weighted by atomic mass is 10.1. The highest BCUT2D eigenvalue weighted by Gasteiger charge is 2.21. The normalized spacial score (nSPS) is 14.4. The molecule has 0 aliphatic carbocycles. The van der Waals surface area contributed by atoms with Gasteiger partial charge < -0.3 is 4.43 Å². The summed E-state index contributed by atoms with van der Waals surface area (Å²) in [6.45, 7) is 12.5. The Morgan fingerprint density at radius 2 is 1.86 bits per heavy atom. The van der Waals surface area contributed by atoms with Gasteiger partial charge in [-0.1, -0.05) is 40.0 Å². The van der Waals surface area contributed by atoms with E-state index in [4.69, 9.17) is 4.43 Å². The number of rotatable bonds is 8. The van der Waals surface area contributed by atoms with Crippen LogP contribution in [0, 0.1) is 5.92 Å². The fourth-order valence-corrected chi connectivity index (χ4v) is 3.43. The van der Waals surface area contributed by atoms with Crippen LogP contribution in [-0.2, 0) is 4.43 Å². The second-order valence-electron chi connectivity index (χ2n) is 5.01. The minimum atomic E-state index is -1.30. The Morgan fingerprint density at radius 1 is 1.21 bits per heavy atom. The van der Waals surface area contributed by atoms with Crippen molar-refractivity contribution in [1.82, 2.24) is 0 Å². The molecule has 86 valence electrons. The molecule has 0 N–H and O–H groups in total. The minimum absolute atomic E-state index is 0.825. The Kier molecular flexibility index (Phi) is 7.56. The molecule has 0 fully saturated rings. The van der Waals surface area contributed by atoms with Crippen LogP contribution in [0.2, 0.25) is 19.1 Å². The maximum Gasteiger partial charge on any atom is 0.186 e. The Balaban J connectivity index is 3.54. The lowest BCUT2D eigenvalue weighted by Crippen LogP contribution is -2.30. The molecule has 0 heterocycles. The summed E-state index contributed by atoms with van der Waals surface area (Å²) in [4.78, 5) is 0. The predicted octanol–water partition coefficient (Wildman–Crippen LogP) is 4.44. The van der Waals surface area contributed by atoms with Gasteiger partial charge in [-0.25, -0.2) is 0 Å². The van der Waals surface area contributed by atoms with E-state index in [2.05, 4.69) is 33.9 Å². The molecule has 0 spiro atoms. The maximum atomic E-state index is 6.04. The zero-order valence-corrected chi connectivity index (χ0v) is 11.7. The van der Waals surface area contributed by atoms with Gasteiger partial charge in [0.15, 0.2) is 8.32 Å². The molecule has 0 aliphatic rings. The zero-order valence-electron chi connectivity index (χ0n) is 10.7. The number of hydrogen-bond acceptors (Lipinski definition) is 1. The highest BCUT2D eigenvalue weighted by atomic mass is 28.4. The van der Waals surface area contributed by atoms with Crippen molar-refractivity contribution >= 4 is 8.32 Å². The first-order valence-corrected chi connectivity index (χ1v) is 9.27. The SMILES string of the molecule is CCCC[Si](C)(C)OCCC(C)CC. The number of unbranched alkanes of at least 4 members (excludes halogenated alkanes) is 1. The van der Waals surface area contributed by atoms with Crippen molar-refractivity contribution < 1.29 is 4.43 Å². The highest BCUT2D eigenvalue weighted by molar-refractivity contribution is 6.71. The zero-order chi connectivity index (χ0) is 11.0. The summed E-state index contributed by atoms with van der Waals surface area (Å²) in [6.07, 6.45) is 5.15. The van der Waals surface area contributed by atoms with Crippen molar-refractivity contribution in [3.05, 3.63) is 0 Å². The van der Waals surface area contributed by atoms with Crippen LogP contribution < -0.4 is 0 Å². The highest BCUT2D eigenvalue weighted by Crippen LogP contribution is 2.16. The summed E-state index contributed by atoms with van der Waals surface area (Å²) in [5, 5.41) is 0. The van der Waals surface area contributed by atoms with E-state index in [1.807, 2.05) is 0 Å². The van der Waals surface area contributed by atoms with Crippen LogP contribution in [0.3, 0.4) is 0 Å². The van der Waals surface area contributed by atoms with Crippen LogP contribution in [0.25, 0.3) is 0 Å². The van der Waals surface area contributed by atoms with E-state index >= 15 is 0 Å². The third kappa shape index (κ3) is 7.57. The molecule has 0 rings (SSSR count). The largest absolute Gasteiger partial charge is 0.417 e. The molecule has 0 saturated heterocycles. The molecule has 0 bridgehead atoms. The van der Waals surface area contributed by atoms with Crippen molar-refractivity contribution in [2.75, 3.05) is 6.61 Å². The monoisotopic (exact) mass is 216 g/mol. The molecule has 0 aromatic carbocycles. The molecule has 1 atom stereocenters. The minimum Gasteiger partial charge on any atom is -0.417 e. The fraction of sp³-hybridized carbons (Fsp3) is 1.00. The summed E-state index contributed by atoms with van der Waals surface area (Å²) in [5.41, 5.74) is 0. The van der Waals surface area contributed by atoms with E-state index in [0.29, 0.717) is 0 Å². The molecule has 0 amide bonds.